The zero-order valence-corrected chi connectivity index (χ0v) is 14.6. The average Bonchev–Trinajstić information content (AvgIpc) is 3.02. The van der Waals surface area contributed by atoms with Crippen LogP contribution in [0, 0.1) is 0 Å². The minimum Gasteiger partial charge on any atom is -0.508 e. The molecule has 3 aromatic carbocycles. The van der Waals surface area contributed by atoms with Gasteiger partial charge < -0.3 is 10.2 Å². The van der Waals surface area contributed by atoms with E-state index < -0.39 is 0 Å². The Labute approximate surface area is 148 Å². The monoisotopic (exact) mass is 330 g/mol. The molecule has 4 rings (SSSR count). The minimum absolute atomic E-state index is 0.308. The maximum absolute atomic E-state index is 10.4. The van der Waals surface area contributed by atoms with Crippen molar-refractivity contribution >= 4 is 0 Å². The lowest BCUT2D eigenvalue weighted by Gasteiger charge is -2.15. The van der Waals surface area contributed by atoms with Crippen LogP contribution >= 0.6 is 0 Å². The van der Waals surface area contributed by atoms with E-state index in [4.69, 9.17) is 0 Å². The Balaban J connectivity index is 1.90. The van der Waals surface area contributed by atoms with Gasteiger partial charge in [0.1, 0.15) is 11.5 Å². The third kappa shape index (κ3) is 2.49. The van der Waals surface area contributed by atoms with E-state index in [1.54, 1.807) is 12.1 Å². The van der Waals surface area contributed by atoms with Crippen molar-refractivity contribution in [1.82, 2.24) is 0 Å². The SMILES string of the molecule is CCC(C)c1cc(-c2ccc(O)c3c2Cc2ccccc2-3)ccc1O. The highest BCUT2D eigenvalue weighted by Crippen LogP contribution is 2.46. The average molecular weight is 330 g/mol. The zero-order valence-electron chi connectivity index (χ0n) is 14.6. The molecule has 0 saturated heterocycles. The Kier molecular flexibility index (Phi) is 3.76. The predicted octanol–water partition coefficient (Wildman–Crippen LogP) is 5.85. The van der Waals surface area contributed by atoms with Crippen LogP contribution in [-0.2, 0) is 6.42 Å². The molecule has 0 spiro atoms. The second-order valence-corrected chi connectivity index (χ2v) is 6.90. The lowest BCUT2D eigenvalue weighted by molar-refractivity contribution is 0.462. The first-order valence-corrected chi connectivity index (χ1v) is 8.86. The summed E-state index contributed by atoms with van der Waals surface area (Å²) in [4.78, 5) is 0. The van der Waals surface area contributed by atoms with Crippen molar-refractivity contribution in [3.63, 3.8) is 0 Å². The van der Waals surface area contributed by atoms with Gasteiger partial charge in [0.05, 0.1) is 0 Å². The molecular weight excluding hydrogens is 308 g/mol. The van der Waals surface area contributed by atoms with Gasteiger partial charge >= 0.3 is 0 Å². The summed E-state index contributed by atoms with van der Waals surface area (Å²) in [6.07, 6.45) is 1.81. The Morgan fingerprint density at radius 1 is 0.920 bits per heavy atom. The molecule has 3 aromatic rings. The first-order valence-electron chi connectivity index (χ1n) is 8.86. The molecule has 0 aliphatic heterocycles. The first-order chi connectivity index (χ1) is 12.1. The standard InChI is InChI=1S/C23H22O2/c1-3-14(2)19-12-16(8-10-21(19)24)17-9-11-22(25)23-18-7-5-4-6-15(18)13-20(17)23/h4-12,14,24-25H,3,13H2,1-2H3. The van der Waals surface area contributed by atoms with Gasteiger partial charge in [0, 0.05) is 5.56 Å². The lowest BCUT2D eigenvalue weighted by atomic mass is 9.90. The van der Waals surface area contributed by atoms with Crippen LogP contribution in [0.2, 0.25) is 0 Å². The molecule has 25 heavy (non-hydrogen) atoms. The Morgan fingerprint density at radius 3 is 2.48 bits per heavy atom. The summed E-state index contributed by atoms with van der Waals surface area (Å²) in [5.41, 5.74) is 7.70. The highest BCUT2D eigenvalue weighted by atomic mass is 16.3. The van der Waals surface area contributed by atoms with Crippen molar-refractivity contribution in [1.29, 1.82) is 0 Å². The number of phenols is 2. The van der Waals surface area contributed by atoms with Crippen LogP contribution in [0.25, 0.3) is 22.3 Å². The van der Waals surface area contributed by atoms with Gasteiger partial charge in [-0.3, -0.25) is 0 Å². The van der Waals surface area contributed by atoms with Crippen LogP contribution in [-0.4, -0.2) is 10.2 Å². The van der Waals surface area contributed by atoms with Gasteiger partial charge in [0.15, 0.2) is 0 Å². The molecule has 0 heterocycles. The van der Waals surface area contributed by atoms with Crippen molar-refractivity contribution < 1.29 is 10.2 Å². The topological polar surface area (TPSA) is 40.5 Å². The van der Waals surface area contributed by atoms with Crippen molar-refractivity contribution in [3.8, 4) is 33.8 Å². The fraction of sp³-hybridized carbons (Fsp3) is 0.217. The maximum Gasteiger partial charge on any atom is 0.123 e. The molecule has 126 valence electrons. The fourth-order valence-electron chi connectivity index (χ4n) is 3.84. The van der Waals surface area contributed by atoms with Crippen LogP contribution in [0.5, 0.6) is 11.5 Å². The number of fused-ring (bicyclic) bond motifs is 3. The Bertz CT molecular complexity index is 956. The molecular formula is C23H22O2. The summed E-state index contributed by atoms with van der Waals surface area (Å²) in [5, 5.41) is 20.7. The summed E-state index contributed by atoms with van der Waals surface area (Å²) < 4.78 is 0. The summed E-state index contributed by atoms with van der Waals surface area (Å²) in [6, 6.07) is 17.9. The molecule has 0 radical (unpaired) electrons. The number of benzene rings is 3. The van der Waals surface area contributed by atoms with E-state index >= 15 is 0 Å². The molecule has 1 aliphatic carbocycles. The second kappa shape index (κ2) is 5.96. The van der Waals surface area contributed by atoms with Gasteiger partial charge in [-0.1, -0.05) is 50.2 Å². The lowest BCUT2D eigenvalue weighted by Crippen LogP contribution is -1.94. The van der Waals surface area contributed by atoms with E-state index in [0.29, 0.717) is 17.4 Å². The van der Waals surface area contributed by atoms with Crippen molar-refractivity contribution in [2.75, 3.05) is 0 Å². The van der Waals surface area contributed by atoms with E-state index in [1.807, 2.05) is 24.3 Å². The van der Waals surface area contributed by atoms with E-state index in [0.717, 1.165) is 40.7 Å². The number of rotatable bonds is 3. The van der Waals surface area contributed by atoms with Crippen LogP contribution in [0.15, 0.2) is 54.6 Å². The summed E-state index contributed by atoms with van der Waals surface area (Å²) in [6.45, 7) is 4.27. The molecule has 0 saturated carbocycles. The molecule has 0 fully saturated rings. The molecule has 0 aromatic heterocycles. The van der Waals surface area contributed by atoms with Crippen LogP contribution in [0.3, 0.4) is 0 Å². The molecule has 2 heteroatoms. The molecule has 1 aliphatic rings. The van der Waals surface area contributed by atoms with Gasteiger partial charge in [0.25, 0.3) is 0 Å². The summed E-state index contributed by atoms with van der Waals surface area (Å²) >= 11 is 0. The first kappa shape index (κ1) is 15.8. The van der Waals surface area contributed by atoms with E-state index in [-0.39, 0.29) is 0 Å². The number of hydrogen-bond acceptors (Lipinski definition) is 2. The molecule has 1 atom stereocenters. The molecule has 2 N–H and O–H groups in total. The van der Waals surface area contributed by atoms with Crippen molar-refractivity contribution in [2.24, 2.45) is 0 Å². The molecule has 1 unspecified atom stereocenters. The number of aromatic hydroxyl groups is 2. The Hall–Kier alpha value is -2.74. The van der Waals surface area contributed by atoms with E-state index in [9.17, 15) is 10.2 Å². The van der Waals surface area contributed by atoms with Gasteiger partial charge in [-0.15, -0.1) is 0 Å². The van der Waals surface area contributed by atoms with Crippen LogP contribution < -0.4 is 0 Å². The van der Waals surface area contributed by atoms with Gasteiger partial charge in [-0.2, -0.15) is 0 Å². The third-order valence-corrected chi connectivity index (χ3v) is 5.43. The summed E-state index contributed by atoms with van der Waals surface area (Å²) in [5.74, 6) is 1.00. The Morgan fingerprint density at radius 2 is 1.68 bits per heavy atom. The number of phenolic OH excluding ortho intramolecular Hbond substituents is 2. The quantitative estimate of drug-likeness (QED) is 0.495. The maximum atomic E-state index is 10.4. The zero-order chi connectivity index (χ0) is 17.6. The summed E-state index contributed by atoms with van der Waals surface area (Å²) in [7, 11) is 0. The van der Waals surface area contributed by atoms with Gasteiger partial charge in [-0.05, 0) is 70.3 Å². The molecule has 2 nitrogen and oxygen atoms in total. The van der Waals surface area contributed by atoms with E-state index in [2.05, 4.69) is 32.0 Å². The largest absolute Gasteiger partial charge is 0.508 e. The van der Waals surface area contributed by atoms with Crippen LogP contribution in [0.4, 0.5) is 0 Å². The third-order valence-electron chi connectivity index (χ3n) is 5.43. The fourth-order valence-corrected chi connectivity index (χ4v) is 3.84. The van der Waals surface area contributed by atoms with Crippen molar-refractivity contribution in [2.45, 2.75) is 32.6 Å². The minimum atomic E-state index is 0.308. The number of hydrogen-bond donors (Lipinski definition) is 2. The van der Waals surface area contributed by atoms with Gasteiger partial charge in [-0.25, -0.2) is 0 Å². The predicted molar refractivity (Wildman–Crippen MR) is 102 cm³/mol. The highest BCUT2D eigenvalue weighted by Gasteiger charge is 2.24. The normalized spacial score (nSPS) is 13.4. The highest BCUT2D eigenvalue weighted by molar-refractivity contribution is 5.88. The molecule has 0 bridgehead atoms. The van der Waals surface area contributed by atoms with Crippen molar-refractivity contribution in [3.05, 3.63) is 71.3 Å². The van der Waals surface area contributed by atoms with Gasteiger partial charge in [0.2, 0.25) is 0 Å². The second-order valence-electron chi connectivity index (χ2n) is 6.90. The van der Waals surface area contributed by atoms with Crippen LogP contribution in [0.1, 0.15) is 42.9 Å². The van der Waals surface area contributed by atoms with E-state index in [1.165, 1.54) is 11.1 Å². The smallest absolute Gasteiger partial charge is 0.123 e. The molecule has 0 amide bonds.